The average molecular weight is 854 g/mol. The van der Waals surface area contributed by atoms with Crippen molar-refractivity contribution in [2.75, 3.05) is 16.8 Å². The van der Waals surface area contributed by atoms with Gasteiger partial charge in [0.15, 0.2) is 11.7 Å². The molecule has 55 heavy (non-hydrogen) atoms. The maximum Gasteiger partial charge on any atom is 1.00 e. The molecule has 4 aromatic carbocycles. The Bertz CT molecular complexity index is 2720. The molecule has 0 amide bonds. The van der Waals surface area contributed by atoms with Crippen LogP contribution in [0.25, 0.3) is 11.8 Å². The molecule has 0 fully saturated rings. The third-order valence-corrected chi connectivity index (χ3v) is 11.0. The van der Waals surface area contributed by atoms with Crippen molar-refractivity contribution in [1.29, 1.82) is 0 Å². The Morgan fingerprint density at radius 1 is 0.691 bits per heavy atom. The van der Waals surface area contributed by atoms with Crippen LogP contribution in [0, 0.1) is 0 Å². The number of ether oxygens (including phenoxy) is 1. The third-order valence-electron chi connectivity index (χ3n) is 7.76. The molecule has 0 atom stereocenters. The number of rotatable bonds is 6. The smallest absolute Gasteiger partial charge is 0.506 e. The van der Waals surface area contributed by atoms with E-state index in [-0.39, 0.29) is 107 Å². The molecule has 0 radical (unpaired) electrons. The number of nitrogens with two attached hydrogens (primary N) is 2. The first-order valence-electron chi connectivity index (χ1n) is 14.9. The molecule has 278 valence electrons. The number of allylic oxidation sites excluding steroid dienone is 2. The molecule has 0 spiro atoms. The standard InChI is InChI=1S/C17H13N3O7S2.C16H13N3O4S.Cr.Na/c18-29(25,26)9-5-6-13(21)12(7-9)19-20-14-15(22)10-3-1-2-4-11(10)16-17(14)28(23,24)8-27-16;17-24(22,23)11-6-8-14(20)13(9-11)18-19-16-12-4-2-1-3-10(12)5-7-15(16)21;;/h1-7,19,21H,8H2,(H2,18,25,26);1-9,18,20H,(H2,17,22,23);;/q;;;+1/b20-14+;19-16-;;. The summed E-state index contributed by atoms with van der Waals surface area (Å²) in [4.78, 5) is 24.1. The first-order chi connectivity index (χ1) is 25.0. The number of hydrogen-bond donors (Lipinski definition) is 6. The SMILES string of the molecule is NS(=O)(=O)c1ccc(O)c(N/N=C2\C(=O)C=Cc3ccccc32)c1.NS(=O)(=O)c1ccc(O)c(N/N=C2\C(=O)c3ccccc3C3=C2S(=O)(=O)CO3)c1.[Cr].[Na+]. The maximum absolute atomic E-state index is 12.9. The van der Waals surface area contributed by atoms with Crippen LogP contribution in [0.3, 0.4) is 0 Å². The van der Waals surface area contributed by atoms with Crippen molar-refractivity contribution in [2.45, 2.75) is 9.79 Å². The Balaban J connectivity index is 0.000000240. The topological polar surface area (TPSA) is 287 Å². The van der Waals surface area contributed by atoms with Crippen molar-refractivity contribution in [3.63, 3.8) is 0 Å². The number of primary sulfonamides is 2. The van der Waals surface area contributed by atoms with Gasteiger partial charge in [-0.15, -0.1) is 0 Å². The number of sulfonamides is 2. The summed E-state index contributed by atoms with van der Waals surface area (Å²) >= 11 is 0. The van der Waals surface area contributed by atoms with Gasteiger partial charge in [-0.25, -0.2) is 35.5 Å². The monoisotopic (exact) mass is 853 g/mol. The molecule has 1 aliphatic heterocycles. The van der Waals surface area contributed by atoms with Crippen LogP contribution < -0.4 is 50.7 Å². The second kappa shape index (κ2) is 16.6. The number of sulfone groups is 1. The molecule has 0 bridgehead atoms. The maximum atomic E-state index is 12.9. The van der Waals surface area contributed by atoms with Gasteiger partial charge in [0.1, 0.15) is 27.9 Å². The molecule has 22 heteroatoms. The molecule has 0 saturated carbocycles. The van der Waals surface area contributed by atoms with Gasteiger partial charge in [0.2, 0.25) is 41.5 Å². The third kappa shape index (κ3) is 9.08. The van der Waals surface area contributed by atoms with Gasteiger partial charge >= 0.3 is 29.6 Å². The Kier molecular flexibility index (Phi) is 13.0. The number of anilines is 2. The Labute approximate surface area is 346 Å². The van der Waals surface area contributed by atoms with Crippen molar-refractivity contribution >= 4 is 76.1 Å². The number of carbonyl (C=O) groups is 2. The fourth-order valence-corrected chi connectivity index (χ4v) is 7.57. The minimum atomic E-state index is -4.06. The molecular weight excluding hydrogens is 828 g/mol. The molecule has 1 heterocycles. The van der Waals surface area contributed by atoms with Crippen LogP contribution >= 0.6 is 0 Å². The van der Waals surface area contributed by atoms with Gasteiger partial charge in [0, 0.05) is 34.1 Å². The fraction of sp³-hybridized carbons (Fsp3) is 0.0303. The van der Waals surface area contributed by atoms with E-state index in [0.717, 1.165) is 29.8 Å². The number of carbonyl (C=O) groups excluding carboxylic acids is 2. The molecule has 0 saturated heterocycles. The Hall–Kier alpha value is -4.66. The number of benzene rings is 4. The summed E-state index contributed by atoms with van der Waals surface area (Å²) in [5.74, 6) is -2.19. The van der Waals surface area contributed by atoms with Gasteiger partial charge < -0.3 is 14.9 Å². The normalized spacial score (nSPS) is 16.7. The molecule has 3 aliphatic rings. The summed E-state index contributed by atoms with van der Waals surface area (Å²) in [5, 5.41) is 37.8. The van der Waals surface area contributed by atoms with E-state index in [1.165, 1.54) is 24.3 Å². The van der Waals surface area contributed by atoms with Crippen LogP contribution in [0.5, 0.6) is 11.5 Å². The van der Waals surface area contributed by atoms with Crippen LogP contribution in [0.1, 0.15) is 27.0 Å². The van der Waals surface area contributed by atoms with Crippen molar-refractivity contribution < 1.29 is 96.7 Å². The molecule has 4 aromatic rings. The second-order valence-corrected chi connectivity index (χ2v) is 16.3. The molecule has 0 unspecified atom stereocenters. The molecule has 7 rings (SSSR count). The van der Waals surface area contributed by atoms with E-state index in [4.69, 9.17) is 15.0 Å². The van der Waals surface area contributed by atoms with E-state index in [1.807, 2.05) is 12.1 Å². The Morgan fingerprint density at radius 3 is 1.73 bits per heavy atom. The van der Waals surface area contributed by atoms with Crippen molar-refractivity contribution in [3.8, 4) is 11.5 Å². The van der Waals surface area contributed by atoms with Gasteiger partial charge in [0.25, 0.3) is 0 Å². The summed E-state index contributed by atoms with van der Waals surface area (Å²) in [6.07, 6.45) is 3.08. The number of nitrogens with zero attached hydrogens (tertiary/aromatic N) is 2. The quantitative estimate of drug-likeness (QED) is 0.0791. The number of ketones is 2. The first-order valence-corrected chi connectivity index (χ1v) is 19.7. The van der Waals surface area contributed by atoms with Crippen molar-refractivity contribution in [2.24, 2.45) is 20.5 Å². The Morgan fingerprint density at radius 2 is 1.18 bits per heavy atom. The van der Waals surface area contributed by atoms with Gasteiger partial charge in [-0.3, -0.25) is 20.4 Å². The molecular formula is C33H26CrN6NaO11S3+. The van der Waals surface area contributed by atoms with Crippen LogP contribution in [0.15, 0.2) is 116 Å². The summed E-state index contributed by atoms with van der Waals surface area (Å²) in [5.41, 5.74) is 6.45. The van der Waals surface area contributed by atoms with E-state index < -0.39 is 47.3 Å². The molecule has 17 nitrogen and oxygen atoms in total. The van der Waals surface area contributed by atoms with Gasteiger partial charge in [-0.2, -0.15) is 10.2 Å². The van der Waals surface area contributed by atoms with Crippen LogP contribution in [0.4, 0.5) is 11.4 Å². The van der Waals surface area contributed by atoms with Gasteiger partial charge in [0.05, 0.1) is 21.2 Å². The first kappa shape index (κ1) is 43.1. The zero-order chi connectivity index (χ0) is 38.3. The number of hydrazone groups is 2. The predicted molar refractivity (Wildman–Crippen MR) is 193 cm³/mol. The van der Waals surface area contributed by atoms with E-state index in [2.05, 4.69) is 21.1 Å². The molecule has 0 aromatic heterocycles. The zero-order valence-corrected chi connectivity index (χ0v) is 33.9. The number of hydrogen-bond acceptors (Lipinski definition) is 15. The number of phenols is 2. The van der Waals surface area contributed by atoms with Gasteiger partial charge in [-0.1, -0.05) is 54.6 Å². The predicted octanol–water partition coefficient (Wildman–Crippen LogP) is -0.772. The molecule has 8 N–H and O–H groups in total. The van der Waals surface area contributed by atoms with Crippen molar-refractivity contribution in [1.82, 2.24) is 0 Å². The minimum Gasteiger partial charge on any atom is -0.506 e. The minimum absolute atomic E-state index is 0. The summed E-state index contributed by atoms with van der Waals surface area (Å²) in [6.45, 7) is 0. The second-order valence-electron chi connectivity index (χ2n) is 11.3. The summed E-state index contributed by atoms with van der Waals surface area (Å²) < 4.78 is 76.0. The zero-order valence-electron chi connectivity index (χ0n) is 28.2. The number of fused-ring (bicyclic) bond motifs is 3. The van der Waals surface area contributed by atoms with Crippen molar-refractivity contribution in [3.05, 3.63) is 118 Å². The number of phenolic OH excluding ortho intramolecular Hbond substituents is 2. The summed E-state index contributed by atoms with van der Waals surface area (Å²) in [7, 11) is -11.9. The number of Topliss-reactive ketones (excluding diaryl/α,β-unsaturated/α-hetero) is 1. The van der Waals surface area contributed by atoms with Crippen LogP contribution in [0.2, 0.25) is 0 Å². The average Bonchev–Trinajstić information content (AvgIpc) is 3.43. The summed E-state index contributed by atoms with van der Waals surface area (Å²) in [6, 6.07) is 20.2. The van der Waals surface area contributed by atoms with Crippen LogP contribution in [-0.2, 0) is 56.8 Å². The number of aromatic hydroxyl groups is 2. The van der Waals surface area contributed by atoms with E-state index in [9.17, 15) is 45.1 Å². The fourth-order valence-electron chi connectivity index (χ4n) is 5.21. The number of nitrogens with one attached hydrogen (secondary N) is 2. The van der Waals surface area contributed by atoms with E-state index in [0.29, 0.717) is 11.1 Å². The largest absolute Gasteiger partial charge is 1.00 e. The van der Waals surface area contributed by atoms with E-state index >= 15 is 0 Å². The van der Waals surface area contributed by atoms with Crippen LogP contribution in [-0.4, -0.2) is 64.4 Å². The van der Waals surface area contributed by atoms with Gasteiger partial charge in [-0.05, 0) is 48.0 Å². The molecule has 2 aliphatic carbocycles. The van der Waals surface area contributed by atoms with E-state index in [1.54, 1.807) is 36.4 Å².